The first-order chi connectivity index (χ1) is 13.9. The summed E-state index contributed by atoms with van der Waals surface area (Å²) in [5.74, 6) is -0.799. The summed E-state index contributed by atoms with van der Waals surface area (Å²) < 4.78 is 0. The first-order valence-corrected chi connectivity index (χ1v) is 9.94. The van der Waals surface area contributed by atoms with Crippen LogP contribution in [0.15, 0.2) is 36.4 Å². The highest BCUT2D eigenvalue weighted by molar-refractivity contribution is 6.35. The van der Waals surface area contributed by atoms with Gasteiger partial charge in [0.1, 0.15) is 0 Å². The maximum absolute atomic E-state index is 13.1. The molecule has 4 rings (SSSR count). The molecule has 0 atom stereocenters. The van der Waals surface area contributed by atoms with Crippen molar-refractivity contribution in [3.63, 3.8) is 0 Å². The van der Waals surface area contributed by atoms with Crippen molar-refractivity contribution in [3.05, 3.63) is 64.2 Å². The molecule has 6 heteroatoms. The first-order valence-electron chi connectivity index (χ1n) is 9.94. The second-order valence-electron chi connectivity index (χ2n) is 7.95. The lowest BCUT2D eigenvalue weighted by molar-refractivity contribution is 0.0762. The summed E-state index contributed by atoms with van der Waals surface area (Å²) in [6.45, 7) is 6.95. The van der Waals surface area contributed by atoms with Gasteiger partial charge < -0.3 is 9.80 Å². The number of imide groups is 1. The Morgan fingerprint density at radius 1 is 0.862 bits per heavy atom. The zero-order chi connectivity index (χ0) is 20.7. The van der Waals surface area contributed by atoms with Crippen LogP contribution in [0.2, 0.25) is 0 Å². The standard InChI is InChI=1S/C23H25N3O3/c1-15-5-6-16(2)20(13-15)26-22(28)18-8-7-17(14-19(18)23(26)29)21(27)25-10-4-9-24(3)11-12-25/h5-8,13-14H,4,9-12H2,1-3H3. The Kier molecular flexibility index (Phi) is 4.96. The highest BCUT2D eigenvalue weighted by Gasteiger charge is 2.38. The lowest BCUT2D eigenvalue weighted by Crippen LogP contribution is -2.34. The van der Waals surface area contributed by atoms with E-state index in [4.69, 9.17) is 0 Å². The minimum Gasteiger partial charge on any atom is -0.337 e. The highest BCUT2D eigenvalue weighted by atomic mass is 16.2. The average Bonchev–Trinajstić information content (AvgIpc) is 2.84. The SMILES string of the molecule is Cc1ccc(C)c(N2C(=O)c3ccc(C(=O)N4CCCN(C)CC4)cc3C2=O)c1. The number of fused-ring (bicyclic) bond motifs is 1. The molecule has 2 aromatic carbocycles. The third kappa shape index (κ3) is 3.44. The fourth-order valence-corrected chi connectivity index (χ4v) is 3.99. The molecule has 29 heavy (non-hydrogen) atoms. The number of amides is 3. The van der Waals surface area contributed by atoms with Gasteiger partial charge in [-0.2, -0.15) is 0 Å². The van der Waals surface area contributed by atoms with Crippen LogP contribution >= 0.6 is 0 Å². The molecule has 0 saturated carbocycles. The van der Waals surface area contributed by atoms with E-state index >= 15 is 0 Å². The summed E-state index contributed by atoms with van der Waals surface area (Å²) in [5.41, 5.74) is 3.54. The molecular weight excluding hydrogens is 366 g/mol. The van der Waals surface area contributed by atoms with Gasteiger partial charge in [0.05, 0.1) is 16.8 Å². The lowest BCUT2D eigenvalue weighted by atomic mass is 10.0. The number of hydrogen-bond acceptors (Lipinski definition) is 4. The van der Waals surface area contributed by atoms with E-state index in [2.05, 4.69) is 11.9 Å². The molecule has 0 radical (unpaired) electrons. The van der Waals surface area contributed by atoms with Gasteiger partial charge in [-0.15, -0.1) is 0 Å². The molecule has 1 saturated heterocycles. The molecule has 0 spiro atoms. The van der Waals surface area contributed by atoms with Crippen molar-refractivity contribution in [1.29, 1.82) is 0 Å². The predicted octanol–water partition coefficient (Wildman–Crippen LogP) is 2.88. The van der Waals surface area contributed by atoms with Crippen molar-refractivity contribution in [2.45, 2.75) is 20.3 Å². The van der Waals surface area contributed by atoms with Crippen LogP contribution < -0.4 is 4.90 Å². The molecule has 2 aliphatic rings. The maximum Gasteiger partial charge on any atom is 0.266 e. The van der Waals surface area contributed by atoms with Gasteiger partial charge in [0, 0.05) is 25.2 Å². The summed E-state index contributed by atoms with van der Waals surface area (Å²) in [4.78, 5) is 44.3. The van der Waals surface area contributed by atoms with Gasteiger partial charge in [0.15, 0.2) is 0 Å². The number of carbonyl (C=O) groups is 3. The van der Waals surface area contributed by atoms with Crippen LogP contribution in [0.3, 0.4) is 0 Å². The molecule has 2 aliphatic heterocycles. The molecule has 0 bridgehead atoms. The normalized spacial score (nSPS) is 17.5. The number of anilines is 1. The smallest absolute Gasteiger partial charge is 0.266 e. The van der Waals surface area contributed by atoms with E-state index in [0.29, 0.717) is 35.5 Å². The Hall–Kier alpha value is -2.99. The average molecular weight is 391 g/mol. The van der Waals surface area contributed by atoms with Gasteiger partial charge in [-0.1, -0.05) is 12.1 Å². The largest absolute Gasteiger partial charge is 0.337 e. The van der Waals surface area contributed by atoms with Crippen molar-refractivity contribution in [2.75, 3.05) is 38.1 Å². The number of hydrogen-bond donors (Lipinski definition) is 0. The van der Waals surface area contributed by atoms with E-state index in [9.17, 15) is 14.4 Å². The number of likely N-dealkylation sites (N-methyl/N-ethyl adjacent to an activating group) is 1. The fraction of sp³-hybridized carbons (Fsp3) is 0.348. The Morgan fingerprint density at radius 2 is 1.62 bits per heavy atom. The van der Waals surface area contributed by atoms with Crippen molar-refractivity contribution in [2.24, 2.45) is 0 Å². The van der Waals surface area contributed by atoms with E-state index in [-0.39, 0.29) is 17.7 Å². The molecule has 6 nitrogen and oxygen atoms in total. The van der Waals surface area contributed by atoms with Gasteiger partial charge in [0.2, 0.25) is 0 Å². The monoisotopic (exact) mass is 391 g/mol. The third-order valence-corrected chi connectivity index (χ3v) is 5.75. The first kappa shape index (κ1) is 19.3. The van der Waals surface area contributed by atoms with Crippen molar-refractivity contribution in [1.82, 2.24) is 9.80 Å². The quantitative estimate of drug-likeness (QED) is 0.739. The van der Waals surface area contributed by atoms with Crippen LogP contribution in [0, 0.1) is 13.8 Å². The van der Waals surface area contributed by atoms with Crippen LogP contribution in [-0.2, 0) is 0 Å². The fourth-order valence-electron chi connectivity index (χ4n) is 3.99. The summed E-state index contributed by atoms with van der Waals surface area (Å²) in [6.07, 6.45) is 0.922. The van der Waals surface area contributed by atoms with Crippen LogP contribution in [0.25, 0.3) is 0 Å². The Balaban J connectivity index is 1.65. The summed E-state index contributed by atoms with van der Waals surface area (Å²) in [6, 6.07) is 10.5. The molecule has 1 fully saturated rings. The highest BCUT2D eigenvalue weighted by Crippen LogP contribution is 2.32. The Labute approximate surface area is 170 Å². The van der Waals surface area contributed by atoms with Crippen molar-refractivity contribution in [3.8, 4) is 0 Å². The maximum atomic E-state index is 13.1. The van der Waals surface area contributed by atoms with E-state index in [0.717, 1.165) is 30.6 Å². The second kappa shape index (κ2) is 7.44. The van der Waals surface area contributed by atoms with Gasteiger partial charge in [-0.25, -0.2) is 4.90 Å². The molecule has 0 unspecified atom stereocenters. The molecule has 0 aliphatic carbocycles. The zero-order valence-electron chi connectivity index (χ0n) is 17.1. The summed E-state index contributed by atoms with van der Waals surface area (Å²) in [5, 5.41) is 0. The summed E-state index contributed by atoms with van der Waals surface area (Å²) in [7, 11) is 2.05. The Bertz CT molecular complexity index is 1010. The molecular formula is C23H25N3O3. The summed E-state index contributed by atoms with van der Waals surface area (Å²) >= 11 is 0. The molecule has 2 aromatic rings. The van der Waals surface area contributed by atoms with Gasteiger partial charge in [-0.05, 0) is 69.3 Å². The molecule has 2 heterocycles. The van der Waals surface area contributed by atoms with E-state index in [1.807, 2.05) is 36.9 Å². The molecule has 150 valence electrons. The number of aryl methyl sites for hydroxylation is 2. The van der Waals surface area contributed by atoms with Gasteiger partial charge >= 0.3 is 0 Å². The van der Waals surface area contributed by atoms with Crippen LogP contribution in [0.5, 0.6) is 0 Å². The third-order valence-electron chi connectivity index (χ3n) is 5.75. The topological polar surface area (TPSA) is 60.9 Å². The number of carbonyl (C=O) groups excluding carboxylic acids is 3. The molecule has 3 amide bonds. The van der Waals surface area contributed by atoms with E-state index < -0.39 is 0 Å². The number of benzene rings is 2. The number of nitrogens with zero attached hydrogens (tertiary/aromatic N) is 3. The van der Waals surface area contributed by atoms with Crippen molar-refractivity contribution >= 4 is 23.4 Å². The minimum absolute atomic E-state index is 0.0893. The lowest BCUT2D eigenvalue weighted by Gasteiger charge is -2.20. The molecule has 0 aromatic heterocycles. The van der Waals surface area contributed by atoms with Gasteiger partial charge in [0.25, 0.3) is 17.7 Å². The zero-order valence-corrected chi connectivity index (χ0v) is 17.1. The Morgan fingerprint density at radius 3 is 2.41 bits per heavy atom. The van der Waals surface area contributed by atoms with Crippen LogP contribution in [-0.4, -0.2) is 60.7 Å². The number of rotatable bonds is 2. The predicted molar refractivity (Wildman–Crippen MR) is 112 cm³/mol. The minimum atomic E-state index is -0.371. The van der Waals surface area contributed by atoms with Crippen LogP contribution in [0.4, 0.5) is 5.69 Å². The van der Waals surface area contributed by atoms with Gasteiger partial charge in [-0.3, -0.25) is 14.4 Å². The van der Waals surface area contributed by atoms with Crippen molar-refractivity contribution < 1.29 is 14.4 Å². The second-order valence-corrected chi connectivity index (χ2v) is 7.95. The van der Waals surface area contributed by atoms with E-state index in [1.54, 1.807) is 18.2 Å². The van der Waals surface area contributed by atoms with E-state index in [1.165, 1.54) is 4.90 Å². The molecule has 0 N–H and O–H groups in total. The van der Waals surface area contributed by atoms with Crippen LogP contribution in [0.1, 0.15) is 48.6 Å².